The highest BCUT2D eigenvalue weighted by molar-refractivity contribution is 7.09. The summed E-state index contributed by atoms with van der Waals surface area (Å²) >= 11 is 1.50. The number of aromatic nitrogens is 2. The topological polar surface area (TPSA) is 37.8 Å². The molecule has 1 aromatic heterocycles. The molecule has 1 heterocycles. The summed E-state index contributed by atoms with van der Waals surface area (Å²) in [5.74, 6) is 1.71. The summed E-state index contributed by atoms with van der Waals surface area (Å²) in [5, 5.41) is 4.45. The first-order valence-corrected chi connectivity index (χ1v) is 6.50. The fourth-order valence-corrected chi connectivity index (χ4v) is 2.60. The largest absolute Gasteiger partial charge is 0.355 e. The summed E-state index contributed by atoms with van der Waals surface area (Å²) in [6.45, 7) is 6.64. The van der Waals surface area contributed by atoms with Crippen LogP contribution >= 0.6 is 11.5 Å². The highest BCUT2D eigenvalue weighted by Crippen LogP contribution is 2.39. The minimum absolute atomic E-state index is 0.134. The summed E-state index contributed by atoms with van der Waals surface area (Å²) in [6, 6.07) is 0. The molecule has 1 saturated carbocycles. The molecule has 0 unspecified atom stereocenters. The lowest BCUT2D eigenvalue weighted by molar-refractivity contribution is 0.510. The van der Waals surface area contributed by atoms with Crippen LogP contribution in [0.5, 0.6) is 0 Å². The van der Waals surface area contributed by atoms with E-state index in [1.807, 2.05) is 0 Å². The summed E-state index contributed by atoms with van der Waals surface area (Å²) in [7, 11) is 0. The van der Waals surface area contributed by atoms with Crippen LogP contribution in [0.25, 0.3) is 0 Å². The van der Waals surface area contributed by atoms with E-state index in [1.165, 1.54) is 30.8 Å². The van der Waals surface area contributed by atoms with Crippen LogP contribution in [0.4, 0.5) is 5.13 Å². The number of nitrogens with zero attached hydrogens (tertiary/aromatic N) is 2. The van der Waals surface area contributed by atoms with Gasteiger partial charge in [-0.2, -0.15) is 4.37 Å². The maximum atomic E-state index is 4.54. The van der Waals surface area contributed by atoms with Gasteiger partial charge >= 0.3 is 0 Å². The second kappa shape index (κ2) is 4.08. The van der Waals surface area contributed by atoms with Crippen LogP contribution in [0, 0.1) is 0 Å². The van der Waals surface area contributed by atoms with Crippen LogP contribution < -0.4 is 5.32 Å². The van der Waals surface area contributed by atoms with Crippen LogP contribution in [0.1, 0.15) is 58.2 Å². The lowest BCUT2D eigenvalue weighted by atomic mass is 10.00. The predicted octanol–water partition coefficient (Wildman–Crippen LogP) is 3.41. The molecule has 1 N–H and O–H groups in total. The van der Waals surface area contributed by atoms with E-state index in [1.54, 1.807) is 0 Å². The van der Waals surface area contributed by atoms with Crippen molar-refractivity contribution in [3.8, 4) is 0 Å². The maximum absolute atomic E-state index is 4.54. The number of hydrogen-bond acceptors (Lipinski definition) is 4. The molecule has 4 heteroatoms. The molecule has 0 aromatic carbocycles. The Morgan fingerprint density at radius 3 is 2.80 bits per heavy atom. The second-order valence-corrected chi connectivity index (χ2v) is 5.74. The molecule has 1 aliphatic rings. The van der Waals surface area contributed by atoms with Gasteiger partial charge in [-0.1, -0.05) is 13.3 Å². The first-order chi connectivity index (χ1) is 7.11. The summed E-state index contributed by atoms with van der Waals surface area (Å²) in [6.07, 6.45) is 4.89. The maximum Gasteiger partial charge on any atom is 0.202 e. The minimum atomic E-state index is 0.134. The van der Waals surface area contributed by atoms with Gasteiger partial charge in [-0.25, -0.2) is 4.98 Å². The van der Waals surface area contributed by atoms with Crippen molar-refractivity contribution >= 4 is 16.7 Å². The van der Waals surface area contributed by atoms with Crippen molar-refractivity contribution in [2.75, 3.05) is 5.32 Å². The Hall–Kier alpha value is -0.640. The summed E-state index contributed by atoms with van der Waals surface area (Å²) in [5.41, 5.74) is 0.134. The number of anilines is 1. The Bertz CT molecular complexity index is 328. The Balaban J connectivity index is 1.97. The SMILES string of the molecule is CCCC(C)(C)Nc1nc(C2CC2)ns1. The predicted molar refractivity (Wildman–Crippen MR) is 64.5 cm³/mol. The van der Waals surface area contributed by atoms with E-state index >= 15 is 0 Å². The molecule has 1 aromatic rings. The molecule has 0 saturated heterocycles. The van der Waals surface area contributed by atoms with Crippen LogP contribution in [0.2, 0.25) is 0 Å². The fourth-order valence-electron chi connectivity index (χ4n) is 1.77. The van der Waals surface area contributed by atoms with Crippen molar-refractivity contribution in [1.29, 1.82) is 0 Å². The lowest BCUT2D eigenvalue weighted by Gasteiger charge is -2.24. The second-order valence-electron chi connectivity index (χ2n) is 4.99. The molecule has 0 atom stereocenters. The molecule has 0 amide bonds. The van der Waals surface area contributed by atoms with Gasteiger partial charge in [-0.3, -0.25) is 0 Å². The highest BCUT2D eigenvalue weighted by atomic mass is 32.1. The van der Waals surface area contributed by atoms with Gasteiger partial charge in [0.1, 0.15) is 5.82 Å². The van der Waals surface area contributed by atoms with E-state index in [9.17, 15) is 0 Å². The summed E-state index contributed by atoms with van der Waals surface area (Å²) < 4.78 is 4.39. The Labute approximate surface area is 95.5 Å². The molecule has 0 aliphatic heterocycles. The van der Waals surface area contributed by atoms with Crippen molar-refractivity contribution < 1.29 is 0 Å². The number of hydrogen-bond donors (Lipinski definition) is 1. The highest BCUT2D eigenvalue weighted by Gasteiger charge is 2.28. The van der Waals surface area contributed by atoms with Crippen molar-refractivity contribution in [3.63, 3.8) is 0 Å². The molecule has 2 rings (SSSR count). The smallest absolute Gasteiger partial charge is 0.202 e. The zero-order valence-electron chi connectivity index (χ0n) is 9.71. The Kier molecular flexibility index (Phi) is 2.96. The van der Waals surface area contributed by atoms with Crippen molar-refractivity contribution in [1.82, 2.24) is 9.36 Å². The van der Waals surface area contributed by atoms with Gasteiger partial charge in [0, 0.05) is 23.0 Å². The van der Waals surface area contributed by atoms with E-state index in [0.717, 1.165) is 17.4 Å². The molecule has 0 radical (unpaired) electrons. The molecule has 84 valence electrons. The van der Waals surface area contributed by atoms with Crippen molar-refractivity contribution in [2.24, 2.45) is 0 Å². The third-order valence-corrected chi connectivity index (χ3v) is 3.35. The van der Waals surface area contributed by atoms with E-state index in [4.69, 9.17) is 0 Å². The number of nitrogens with one attached hydrogen (secondary N) is 1. The zero-order chi connectivity index (χ0) is 10.9. The third kappa shape index (κ3) is 2.91. The average molecular weight is 225 g/mol. The van der Waals surface area contributed by atoms with Gasteiger partial charge in [-0.15, -0.1) is 0 Å². The molecule has 0 spiro atoms. The lowest BCUT2D eigenvalue weighted by Crippen LogP contribution is -2.30. The Morgan fingerprint density at radius 1 is 1.47 bits per heavy atom. The molecule has 3 nitrogen and oxygen atoms in total. The molecule has 1 aliphatic carbocycles. The van der Waals surface area contributed by atoms with Gasteiger partial charge in [0.2, 0.25) is 5.13 Å². The monoisotopic (exact) mass is 225 g/mol. The number of rotatable bonds is 5. The van der Waals surface area contributed by atoms with Gasteiger partial charge in [-0.05, 0) is 33.1 Å². The van der Waals surface area contributed by atoms with Gasteiger partial charge < -0.3 is 5.32 Å². The average Bonchev–Trinajstić information content (AvgIpc) is 2.88. The summed E-state index contributed by atoms with van der Waals surface area (Å²) in [4.78, 5) is 4.54. The normalized spacial score (nSPS) is 16.7. The molecule has 1 fully saturated rings. The van der Waals surface area contributed by atoms with Crippen LogP contribution in [0.15, 0.2) is 0 Å². The van der Waals surface area contributed by atoms with E-state index in [2.05, 4.69) is 35.4 Å². The standard InChI is InChI=1S/C11H19N3S/c1-4-7-11(2,3)13-10-12-9(14-15-10)8-5-6-8/h8H,4-7H2,1-3H3,(H,12,13,14). The van der Waals surface area contributed by atoms with E-state index in [0.29, 0.717) is 5.92 Å². The first kappa shape index (κ1) is 10.9. The third-order valence-electron chi connectivity index (χ3n) is 2.70. The molecule has 15 heavy (non-hydrogen) atoms. The van der Waals surface area contributed by atoms with E-state index < -0.39 is 0 Å². The molecular weight excluding hydrogens is 206 g/mol. The van der Waals surface area contributed by atoms with Gasteiger partial charge in [0.05, 0.1) is 0 Å². The quantitative estimate of drug-likeness (QED) is 0.834. The van der Waals surface area contributed by atoms with Gasteiger partial charge in [0.25, 0.3) is 0 Å². The first-order valence-electron chi connectivity index (χ1n) is 5.72. The van der Waals surface area contributed by atoms with Crippen molar-refractivity contribution in [3.05, 3.63) is 5.82 Å². The van der Waals surface area contributed by atoms with E-state index in [-0.39, 0.29) is 5.54 Å². The molecular formula is C11H19N3S. The Morgan fingerprint density at radius 2 is 2.20 bits per heavy atom. The zero-order valence-corrected chi connectivity index (χ0v) is 10.5. The van der Waals surface area contributed by atoms with Crippen LogP contribution in [-0.4, -0.2) is 14.9 Å². The van der Waals surface area contributed by atoms with Crippen LogP contribution in [0.3, 0.4) is 0 Å². The minimum Gasteiger partial charge on any atom is -0.355 e. The van der Waals surface area contributed by atoms with Gasteiger partial charge in [0.15, 0.2) is 0 Å². The van der Waals surface area contributed by atoms with Crippen molar-refractivity contribution in [2.45, 2.75) is 57.9 Å². The van der Waals surface area contributed by atoms with Crippen LogP contribution in [-0.2, 0) is 0 Å². The molecule has 0 bridgehead atoms. The fraction of sp³-hybridized carbons (Fsp3) is 0.818.